The van der Waals surface area contributed by atoms with Crippen LogP contribution in [0.5, 0.6) is 0 Å². The number of methoxy groups -OCH3 is 1. The predicted molar refractivity (Wildman–Crippen MR) is 60.0 cm³/mol. The summed E-state index contributed by atoms with van der Waals surface area (Å²) in [5.41, 5.74) is -0.903. The molecule has 90 valence electrons. The molecule has 0 aliphatic heterocycles. The Morgan fingerprint density at radius 1 is 1.47 bits per heavy atom. The van der Waals surface area contributed by atoms with Crippen LogP contribution in [0.3, 0.4) is 0 Å². The molecule has 2 atom stereocenters. The van der Waals surface area contributed by atoms with E-state index in [1.54, 1.807) is 14.0 Å². The SMILES string of the molecule is COCCC(C)(NC(C)C(C)C)C(=O)O. The van der Waals surface area contributed by atoms with E-state index in [-0.39, 0.29) is 6.04 Å². The summed E-state index contributed by atoms with van der Waals surface area (Å²) in [7, 11) is 1.58. The summed E-state index contributed by atoms with van der Waals surface area (Å²) in [5, 5.41) is 12.3. The van der Waals surface area contributed by atoms with Gasteiger partial charge in [0.1, 0.15) is 5.54 Å². The molecule has 15 heavy (non-hydrogen) atoms. The van der Waals surface area contributed by atoms with Crippen LogP contribution in [0, 0.1) is 5.92 Å². The molecule has 0 aliphatic carbocycles. The second kappa shape index (κ2) is 6.08. The van der Waals surface area contributed by atoms with Crippen molar-refractivity contribution in [1.82, 2.24) is 5.32 Å². The number of rotatable bonds is 7. The van der Waals surface area contributed by atoms with Crippen molar-refractivity contribution in [2.24, 2.45) is 5.92 Å². The van der Waals surface area contributed by atoms with E-state index in [1.807, 2.05) is 6.92 Å². The van der Waals surface area contributed by atoms with Gasteiger partial charge in [-0.2, -0.15) is 0 Å². The summed E-state index contributed by atoms with van der Waals surface area (Å²) < 4.78 is 4.93. The molecule has 0 saturated heterocycles. The third kappa shape index (κ3) is 4.62. The largest absolute Gasteiger partial charge is 0.480 e. The van der Waals surface area contributed by atoms with Crippen molar-refractivity contribution >= 4 is 5.97 Å². The molecule has 4 heteroatoms. The van der Waals surface area contributed by atoms with Crippen molar-refractivity contribution in [3.63, 3.8) is 0 Å². The van der Waals surface area contributed by atoms with Crippen LogP contribution in [0.1, 0.15) is 34.1 Å². The number of aliphatic carboxylic acids is 1. The average molecular weight is 217 g/mol. The summed E-state index contributed by atoms with van der Waals surface area (Å²) in [6.45, 7) is 8.28. The third-order valence-electron chi connectivity index (χ3n) is 2.82. The fraction of sp³-hybridized carbons (Fsp3) is 0.909. The molecule has 0 fully saturated rings. The number of hydrogen-bond acceptors (Lipinski definition) is 3. The summed E-state index contributed by atoms with van der Waals surface area (Å²) in [5.74, 6) is -0.418. The first-order valence-electron chi connectivity index (χ1n) is 5.33. The van der Waals surface area contributed by atoms with Crippen molar-refractivity contribution in [3.8, 4) is 0 Å². The lowest BCUT2D eigenvalue weighted by molar-refractivity contribution is -0.145. The van der Waals surface area contributed by atoms with E-state index >= 15 is 0 Å². The molecule has 0 spiro atoms. The normalized spacial score (nSPS) is 17.5. The smallest absolute Gasteiger partial charge is 0.323 e. The number of hydrogen-bond donors (Lipinski definition) is 2. The Balaban J connectivity index is 4.44. The van der Waals surface area contributed by atoms with E-state index in [9.17, 15) is 9.90 Å². The van der Waals surface area contributed by atoms with Crippen molar-refractivity contribution < 1.29 is 14.6 Å². The molecule has 2 N–H and O–H groups in total. The Hall–Kier alpha value is -0.610. The highest BCUT2D eigenvalue weighted by atomic mass is 16.5. The van der Waals surface area contributed by atoms with Crippen LogP contribution in [0.25, 0.3) is 0 Å². The second-order valence-electron chi connectivity index (χ2n) is 4.56. The maximum absolute atomic E-state index is 11.2. The van der Waals surface area contributed by atoms with Crippen molar-refractivity contribution in [2.45, 2.75) is 45.7 Å². The van der Waals surface area contributed by atoms with Gasteiger partial charge < -0.3 is 9.84 Å². The Kier molecular flexibility index (Phi) is 5.83. The van der Waals surface area contributed by atoms with Crippen LogP contribution in [-0.4, -0.2) is 36.4 Å². The monoisotopic (exact) mass is 217 g/mol. The second-order valence-corrected chi connectivity index (χ2v) is 4.56. The quantitative estimate of drug-likeness (QED) is 0.678. The fourth-order valence-electron chi connectivity index (χ4n) is 1.22. The summed E-state index contributed by atoms with van der Waals surface area (Å²) in [6.07, 6.45) is 0.468. The number of carbonyl (C=O) groups is 1. The maximum atomic E-state index is 11.2. The van der Waals surface area contributed by atoms with Gasteiger partial charge in [0.2, 0.25) is 0 Å². The first-order chi connectivity index (χ1) is 6.83. The highest BCUT2D eigenvalue weighted by molar-refractivity contribution is 5.78. The third-order valence-corrected chi connectivity index (χ3v) is 2.82. The van der Waals surface area contributed by atoms with Crippen LogP contribution in [-0.2, 0) is 9.53 Å². The number of ether oxygens (including phenoxy) is 1. The number of carboxylic acids is 1. The lowest BCUT2D eigenvalue weighted by atomic mass is 9.94. The van der Waals surface area contributed by atoms with Crippen LogP contribution in [0.2, 0.25) is 0 Å². The molecule has 0 aromatic rings. The predicted octanol–water partition coefficient (Wildman–Crippen LogP) is 1.50. The molecule has 0 amide bonds. The number of carboxylic acid groups (broad SMARTS) is 1. The van der Waals surface area contributed by atoms with E-state index in [4.69, 9.17) is 4.74 Å². The van der Waals surface area contributed by atoms with Gasteiger partial charge in [-0.25, -0.2) is 0 Å². The zero-order valence-electron chi connectivity index (χ0n) is 10.3. The van der Waals surface area contributed by atoms with Gasteiger partial charge in [-0.1, -0.05) is 13.8 Å². The molecule has 0 bridgehead atoms. The summed E-state index contributed by atoms with van der Waals surface area (Å²) >= 11 is 0. The van der Waals surface area contributed by atoms with Crippen LogP contribution in [0.15, 0.2) is 0 Å². The first-order valence-corrected chi connectivity index (χ1v) is 5.33. The van der Waals surface area contributed by atoms with Crippen LogP contribution < -0.4 is 5.32 Å². The lowest BCUT2D eigenvalue weighted by Gasteiger charge is -2.31. The Bertz CT molecular complexity index is 206. The lowest BCUT2D eigenvalue weighted by Crippen LogP contribution is -2.54. The van der Waals surface area contributed by atoms with Gasteiger partial charge in [0, 0.05) is 19.8 Å². The molecule has 2 unspecified atom stereocenters. The minimum Gasteiger partial charge on any atom is -0.480 e. The molecule has 0 aliphatic rings. The van der Waals surface area contributed by atoms with Crippen LogP contribution in [0.4, 0.5) is 0 Å². The molecular formula is C11H23NO3. The van der Waals surface area contributed by atoms with Gasteiger partial charge in [-0.05, 0) is 26.2 Å². The highest BCUT2D eigenvalue weighted by Crippen LogP contribution is 2.14. The van der Waals surface area contributed by atoms with Crippen LogP contribution >= 0.6 is 0 Å². The standard InChI is InChI=1S/C11H23NO3/c1-8(2)9(3)12-11(4,10(13)14)6-7-15-5/h8-9,12H,6-7H2,1-5H3,(H,13,14). The van der Waals surface area contributed by atoms with Gasteiger partial charge in [0.05, 0.1) is 0 Å². The van der Waals surface area contributed by atoms with E-state index < -0.39 is 11.5 Å². The zero-order chi connectivity index (χ0) is 12.1. The Morgan fingerprint density at radius 2 is 2.00 bits per heavy atom. The topological polar surface area (TPSA) is 58.6 Å². The maximum Gasteiger partial charge on any atom is 0.323 e. The van der Waals surface area contributed by atoms with E-state index in [0.717, 1.165) is 0 Å². The molecule has 0 saturated carbocycles. The fourth-order valence-corrected chi connectivity index (χ4v) is 1.22. The van der Waals surface area contributed by atoms with Crippen molar-refractivity contribution in [3.05, 3.63) is 0 Å². The summed E-state index contributed by atoms with van der Waals surface area (Å²) in [4.78, 5) is 11.2. The minimum absolute atomic E-state index is 0.169. The van der Waals surface area contributed by atoms with Gasteiger partial charge in [-0.15, -0.1) is 0 Å². The minimum atomic E-state index is -0.903. The molecule has 4 nitrogen and oxygen atoms in total. The Labute approximate surface area is 92.0 Å². The Morgan fingerprint density at radius 3 is 2.33 bits per heavy atom. The van der Waals surface area contributed by atoms with Gasteiger partial charge in [0.25, 0.3) is 0 Å². The van der Waals surface area contributed by atoms with E-state index in [2.05, 4.69) is 19.2 Å². The molecule has 0 radical (unpaired) electrons. The molecular weight excluding hydrogens is 194 g/mol. The zero-order valence-corrected chi connectivity index (χ0v) is 10.3. The first kappa shape index (κ1) is 14.4. The highest BCUT2D eigenvalue weighted by Gasteiger charge is 2.34. The van der Waals surface area contributed by atoms with Gasteiger partial charge in [-0.3, -0.25) is 10.1 Å². The van der Waals surface area contributed by atoms with Crippen molar-refractivity contribution in [2.75, 3.05) is 13.7 Å². The molecule has 0 aromatic heterocycles. The van der Waals surface area contributed by atoms with Gasteiger partial charge in [0.15, 0.2) is 0 Å². The molecule has 0 heterocycles. The van der Waals surface area contributed by atoms with E-state index in [0.29, 0.717) is 18.9 Å². The average Bonchev–Trinajstić information content (AvgIpc) is 2.14. The van der Waals surface area contributed by atoms with Crippen molar-refractivity contribution in [1.29, 1.82) is 0 Å². The van der Waals surface area contributed by atoms with Gasteiger partial charge >= 0.3 is 5.97 Å². The van der Waals surface area contributed by atoms with E-state index in [1.165, 1.54) is 0 Å². The number of nitrogens with one attached hydrogen (secondary N) is 1. The molecule has 0 rings (SSSR count). The molecule has 0 aromatic carbocycles. The summed E-state index contributed by atoms with van der Waals surface area (Å²) in [6, 6.07) is 0.169.